The molecule has 12 nitrogen and oxygen atoms in total. The van der Waals surface area contributed by atoms with Gasteiger partial charge in [-0.15, -0.1) is 0 Å². The van der Waals surface area contributed by atoms with Crippen molar-refractivity contribution in [2.75, 3.05) is 23.7 Å². The van der Waals surface area contributed by atoms with Gasteiger partial charge in [-0.25, -0.2) is 0 Å². The summed E-state index contributed by atoms with van der Waals surface area (Å²) < 4.78 is 0. The zero-order valence-corrected chi connectivity index (χ0v) is 35.8. The molecule has 2 aliphatic carbocycles. The average Bonchev–Trinajstić information content (AvgIpc) is 4.11. The summed E-state index contributed by atoms with van der Waals surface area (Å²) in [6.45, 7) is 9.60. The van der Waals surface area contributed by atoms with Crippen molar-refractivity contribution in [1.29, 1.82) is 0 Å². The van der Waals surface area contributed by atoms with Crippen molar-refractivity contribution in [3.63, 3.8) is 0 Å². The smallest absolute Gasteiger partial charge is 0.240 e. The van der Waals surface area contributed by atoms with Crippen LogP contribution in [0, 0.1) is 11.8 Å². The van der Waals surface area contributed by atoms with E-state index in [0.29, 0.717) is 12.1 Å². The van der Waals surface area contributed by atoms with E-state index >= 15 is 0 Å². The minimum atomic E-state index is -0.528. The summed E-state index contributed by atoms with van der Waals surface area (Å²) >= 11 is 0. The van der Waals surface area contributed by atoms with Crippen LogP contribution in [0.1, 0.15) is 108 Å². The first-order chi connectivity index (χ1) is 28.9. The highest BCUT2D eigenvalue weighted by Crippen LogP contribution is 2.56. The van der Waals surface area contributed by atoms with Crippen LogP contribution in [0.2, 0.25) is 0 Å². The van der Waals surface area contributed by atoms with Gasteiger partial charge in [-0.1, -0.05) is 64.8 Å². The molecule has 9 rings (SSSR count). The molecule has 6 atom stereocenters. The van der Waals surface area contributed by atoms with E-state index in [4.69, 9.17) is 17.2 Å². The van der Waals surface area contributed by atoms with E-state index < -0.39 is 12.1 Å². The summed E-state index contributed by atoms with van der Waals surface area (Å²) in [7, 11) is 0. The molecule has 2 amide bonds. The van der Waals surface area contributed by atoms with Crippen molar-refractivity contribution in [2.24, 2.45) is 29.0 Å². The molecule has 2 saturated heterocycles. The Labute approximate surface area is 355 Å². The van der Waals surface area contributed by atoms with Crippen molar-refractivity contribution in [3.05, 3.63) is 70.9 Å². The maximum absolute atomic E-state index is 13.4. The number of hydrogen-bond acceptors (Lipinski definition) is 10. The normalized spacial score (nSPS) is 24.9. The number of nitrogens with two attached hydrogens (primary N) is 3. The molecule has 320 valence electrons. The number of amides is 2. The van der Waals surface area contributed by atoms with Crippen molar-refractivity contribution < 1.29 is 14.7 Å². The topological polar surface area (TPSA) is 187 Å². The van der Waals surface area contributed by atoms with Crippen molar-refractivity contribution in [3.8, 4) is 28.0 Å². The SMILES string of the molecule is CC(C)C(N)C(=O)N1CCCC1C1NC=C(c2ccc(-c3ccc(-c4ccc5c(c4)NC(C4CCCN4C(=O)C(N)C(C)C)N5)c4c3CCC43CCCC3)c(CN)c2O)N1. The van der Waals surface area contributed by atoms with Gasteiger partial charge in [0, 0.05) is 37.0 Å². The van der Waals surface area contributed by atoms with Crippen molar-refractivity contribution >= 4 is 28.9 Å². The molecule has 0 bridgehead atoms. The average molecular weight is 816 g/mol. The number of likely N-dealkylation sites (tertiary alicyclic amines) is 2. The van der Waals surface area contributed by atoms with Gasteiger partial charge >= 0.3 is 0 Å². The van der Waals surface area contributed by atoms with E-state index in [-0.39, 0.29) is 65.8 Å². The number of nitrogens with zero attached hydrogens (tertiary/aromatic N) is 2. The van der Waals surface area contributed by atoms with Gasteiger partial charge in [-0.2, -0.15) is 0 Å². The molecule has 6 aliphatic rings. The Bertz CT molecular complexity index is 2200. The summed E-state index contributed by atoms with van der Waals surface area (Å²) in [5.74, 6) is 0.369. The maximum atomic E-state index is 13.4. The van der Waals surface area contributed by atoms with Crippen molar-refractivity contribution in [1.82, 2.24) is 20.4 Å². The summed E-state index contributed by atoms with van der Waals surface area (Å²) in [6.07, 6.45) is 12.3. The molecular weight excluding hydrogens is 751 g/mol. The maximum Gasteiger partial charge on any atom is 0.240 e. The Balaban J connectivity index is 0.998. The van der Waals surface area contributed by atoms with Crippen LogP contribution < -0.4 is 38.5 Å². The predicted molar refractivity (Wildman–Crippen MR) is 240 cm³/mol. The third-order valence-electron chi connectivity index (χ3n) is 14.9. The quantitative estimate of drug-likeness (QED) is 0.123. The van der Waals surface area contributed by atoms with E-state index in [2.05, 4.69) is 57.7 Å². The molecule has 4 heterocycles. The number of anilines is 2. The fourth-order valence-corrected chi connectivity index (χ4v) is 11.4. The second kappa shape index (κ2) is 15.9. The van der Waals surface area contributed by atoms with Gasteiger partial charge in [0.2, 0.25) is 11.8 Å². The Kier molecular flexibility index (Phi) is 10.8. The lowest BCUT2D eigenvalue weighted by Gasteiger charge is -2.33. The van der Waals surface area contributed by atoms with Crippen LogP contribution in [-0.2, 0) is 28.0 Å². The van der Waals surface area contributed by atoms with E-state index in [1.165, 1.54) is 47.9 Å². The molecule has 0 aromatic heterocycles. The number of benzene rings is 3. The third-order valence-corrected chi connectivity index (χ3v) is 14.9. The first-order valence-corrected chi connectivity index (χ1v) is 22.6. The molecule has 1 spiro atoms. The molecule has 11 N–H and O–H groups in total. The molecule has 0 radical (unpaired) electrons. The van der Waals surface area contributed by atoms with Crippen LogP contribution in [0.4, 0.5) is 11.4 Å². The largest absolute Gasteiger partial charge is 0.507 e. The lowest BCUT2D eigenvalue weighted by atomic mass is 9.76. The Morgan fingerprint density at radius 3 is 2.00 bits per heavy atom. The Hall–Kier alpha value is -4.78. The van der Waals surface area contributed by atoms with Gasteiger partial charge in [-0.05, 0) is 120 Å². The van der Waals surface area contributed by atoms with E-state index in [9.17, 15) is 14.7 Å². The summed E-state index contributed by atoms with van der Waals surface area (Å²) in [5, 5.41) is 26.5. The van der Waals surface area contributed by atoms with Gasteiger partial charge in [0.05, 0.1) is 41.2 Å². The molecule has 3 aromatic rings. The number of hydrogen-bond donors (Lipinski definition) is 8. The van der Waals surface area contributed by atoms with Gasteiger partial charge in [0.1, 0.15) is 18.1 Å². The van der Waals surface area contributed by atoms with Crippen LogP contribution in [0.15, 0.2) is 48.7 Å². The number of carbonyl (C=O) groups excluding carboxylic acids is 2. The van der Waals surface area contributed by atoms with E-state index in [1.54, 1.807) is 0 Å². The monoisotopic (exact) mass is 816 g/mol. The first kappa shape index (κ1) is 40.6. The summed E-state index contributed by atoms with van der Waals surface area (Å²) in [5.41, 5.74) is 31.0. The molecule has 4 aliphatic heterocycles. The predicted octanol–water partition coefficient (Wildman–Crippen LogP) is 5.87. The highest BCUT2D eigenvalue weighted by atomic mass is 16.3. The Morgan fingerprint density at radius 1 is 0.750 bits per heavy atom. The van der Waals surface area contributed by atoms with Gasteiger partial charge in [0.15, 0.2) is 0 Å². The van der Waals surface area contributed by atoms with Crippen LogP contribution in [0.25, 0.3) is 28.0 Å². The molecule has 3 fully saturated rings. The minimum Gasteiger partial charge on any atom is -0.507 e. The number of carbonyl (C=O) groups is 2. The molecule has 6 unspecified atom stereocenters. The van der Waals surface area contributed by atoms with Crippen molar-refractivity contribution in [2.45, 2.75) is 140 Å². The zero-order chi connectivity index (χ0) is 42.0. The number of phenols is 1. The molecule has 12 heteroatoms. The lowest BCUT2D eigenvalue weighted by molar-refractivity contribution is -0.135. The lowest BCUT2D eigenvalue weighted by Crippen LogP contribution is -2.55. The number of aromatic hydroxyl groups is 1. The molecule has 1 saturated carbocycles. The fraction of sp³-hybridized carbons (Fsp3) is 0.542. The van der Waals surface area contributed by atoms with E-state index in [1.807, 2.05) is 49.8 Å². The third kappa shape index (κ3) is 6.79. The number of rotatable bonds is 10. The minimum absolute atomic E-state index is 0.00780. The number of fused-ring (bicyclic) bond motifs is 3. The number of phenolic OH excluding ortho intramolecular Hbond substituents is 1. The fourth-order valence-electron chi connectivity index (χ4n) is 11.4. The van der Waals surface area contributed by atoms with Crippen LogP contribution in [-0.4, -0.2) is 76.3 Å². The highest BCUT2D eigenvalue weighted by molar-refractivity contribution is 5.88. The molecule has 3 aromatic carbocycles. The number of nitrogens with one attached hydrogen (secondary N) is 4. The second-order valence-corrected chi connectivity index (χ2v) is 19.1. The highest BCUT2D eigenvalue weighted by Gasteiger charge is 2.45. The summed E-state index contributed by atoms with van der Waals surface area (Å²) in [4.78, 5) is 30.6. The second-order valence-electron chi connectivity index (χ2n) is 19.1. The van der Waals surface area contributed by atoms with E-state index in [0.717, 1.165) is 78.8 Å². The van der Waals surface area contributed by atoms with Crippen LogP contribution in [0.5, 0.6) is 5.75 Å². The van der Waals surface area contributed by atoms with Gasteiger partial charge in [-0.3, -0.25) is 9.59 Å². The standard InChI is InChI=1S/C48H65N9O3/c1-26(2)41(50)46(59)56-21-7-9-38(56)44-52-25-37(55-44)33-15-14-31(34(24-49)43(33)58)30-13-12-29(40-32(30)17-20-48(40)18-5-6-19-48)28-11-16-35-36(23-28)54-45(53-35)39-10-8-22-57(39)47(60)42(51)27(3)4/h11-16,23,25-27,38-39,41-42,44-45,52-55,58H,5-10,17-22,24,49-51H2,1-4H3. The molecule has 60 heavy (non-hydrogen) atoms. The van der Waals surface area contributed by atoms with Crippen LogP contribution >= 0.6 is 0 Å². The summed E-state index contributed by atoms with van der Waals surface area (Å²) in [6, 6.07) is 14.4. The molecular formula is C48H65N9O3. The van der Waals surface area contributed by atoms with Crippen LogP contribution in [0.3, 0.4) is 0 Å². The Morgan fingerprint density at radius 2 is 1.35 bits per heavy atom. The van der Waals surface area contributed by atoms with Gasteiger partial charge in [0.25, 0.3) is 0 Å². The zero-order valence-electron chi connectivity index (χ0n) is 35.8. The van der Waals surface area contributed by atoms with Gasteiger partial charge < -0.3 is 53.4 Å². The first-order valence-electron chi connectivity index (χ1n) is 22.6.